The molecule has 0 fully saturated rings. The zero-order valence-electron chi connectivity index (χ0n) is 7.73. The zero-order valence-corrected chi connectivity index (χ0v) is 8.54. The lowest BCUT2D eigenvalue weighted by molar-refractivity contribution is 0.112. The molecule has 0 aliphatic heterocycles. The van der Waals surface area contributed by atoms with Crippen LogP contribution in [-0.2, 0) is 0 Å². The smallest absolute Gasteiger partial charge is 0.178 e. The molecule has 0 spiro atoms. The first-order chi connectivity index (χ1) is 6.79. The van der Waals surface area contributed by atoms with E-state index in [9.17, 15) is 4.79 Å². The van der Waals surface area contributed by atoms with Crippen LogP contribution in [-0.4, -0.2) is 11.3 Å². The summed E-state index contributed by atoms with van der Waals surface area (Å²) in [6.45, 7) is 2.05. The van der Waals surface area contributed by atoms with E-state index in [0.717, 1.165) is 16.7 Å². The average molecular weight is 203 g/mol. The summed E-state index contributed by atoms with van der Waals surface area (Å²) >= 11 is 1.41. The molecular formula is C11H9NOS. The SMILES string of the molecule is Cc1ccc(-c2cnc(C=O)s2)cc1. The number of hydrogen-bond acceptors (Lipinski definition) is 3. The van der Waals surface area contributed by atoms with Crippen LogP contribution < -0.4 is 0 Å². The number of rotatable bonds is 2. The van der Waals surface area contributed by atoms with E-state index in [1.165, 1.54) is 16.9 Å². The van der Waals surface area contributed by atoms with Crippen LogP contribution in [0.4, 0.5) is 0 Å². The highest BCUT2D eigenvalue weighted by molar-refractivity contribution is 7.16. The number of aromatic nitrogens is 1. The Hall–Kier alpha value is -1.48. The van der Waals surface area contributed by atoms with Crippen LogP contribution in [0.2, 0.25) is 0 Å². The van der Waals surface area contributed by atoms with Crippen molar-refractivity contribution in [3.05, 3.63) is 41.0 Å². The van der Waals surface area contributed by atoms with E-state index >= 15 is 0 Å². The number of carbonyl (C=O) groups is 1. The molecule has 0 saturated carbocycles. The molecule has 14 heavy (non-hydrogen) atoms. The summed E-state index contributed by atoms with van der Waals surface area (Å²) < 4.78 is 0. The summed E-state index contributed by atoms with van der Waals surface area (Å²) in [4.78, 5) is 15.5. The molecule has 1 heterocycles. The topological polar surface area (TPSA) is 30.0 Å². The molecule has 0 aliphatic carbocycles. The number of nitrogens with zero attached hydrogens (tertiary/aromatic N) is 1. The molecule has 0 aliphatic rings. The minimum absolute atomic E-state index is 0.528. The van der Waals surface area contributed by atoms with E-state index in [0.29, 0.717) is 5.01 Å². The Morgan fingerprint density at radius 2 is 2.00 bits per heavy atom. The number of aldehydes is 1. The second-order valence-electron chi connectivity index (χ2n) is 3.05. The number of carbonyl (C=O) groups excluding carboxylic acids is 1. The highest BCUT2D eigenvalue weighted by Gasteiger charge is 2.02. The summed E-state index contributed by atoms with van der Waals surface area (Å²) in [7, 11) is 0. The number of aryl methyl sites for hydroxylation is 1. The van der Waals surface area contributed by atoms with Gasteiger partial charge in [-0.15, -0.1) is 11.3 Å². The van der Waals surface area contributed by atoms with Crippen LogP contribution in [0.25, 0.3) is 10.4 Å². The predicted octanol–water partition coefficient (Wildman–Crippen LogP) is 2.93. The van der Waals surface area contributed by atoms with Crippen molar-refractivity contribution in [3.8, 4) is 10.4 Å². The molecule has 2 nitrogen and oxygen atoms in total. The van der Waals surface area contributed by atoms with Gasteiger partial charge < -0.3 is 0 Å². The van der Waals surface area contributed by atoms with Crippen LogP contribution in [0, 0.1) is 6.92 Å². The Kier molecular flexibility index (Phi) is 2.41. The normalized spacial score (nSPS) is 10.1. The van der Waals surface area contributed by atoms with Crippen LogP contribution in [0.3, 0.4) is 0 Å². The Bertz CT molecular complexity index is 445. The molecule has 1 aromatic heterocycles. The molecule has 0 amide bonds. The van der Waals surface area contributed by atoms with Gasteiger partial charge in [0.2, 0.25) is 0 Å². The first kappa shape index (κ1) is 9.09. The van der Waals surface area contributed by atoms with Gasteiger partial charge in [0.05, 0.1) is 4.88 Å². The summed E-state index contributed by atoms with van der Waals surface area (Å²) in [6, 6.07) is 8.18. The predicted molar refractivity (Wildman–Crippen MR) is 57.7 cm³/mol. The lowest BCUT2D eigenvalue weighted by Gasteiger charge is -1.96. The maximum absolute atomic E-state index is 10.5. The molecule has 0 N–H and O–H groups in total. The standard InChI is InChI=1S/C11H9NOS/c1-8-2-4-9(5-3-8)10-6-12-11(7-13)14-10/h2-7H,1H3. The third-order valence-electron chi connectivity index (χ3n) is 1.96. The first-order valence-electron chi connectivity index (χ1n) is 4.27. The first-order valence-corrected chi connectivity index (χ1v) is 5.09. The van der Waals surface area contributed by atoms with E-state index in [-0.39, 0.29) is 0 Å². The minimum atomic E-state index is 0.528. The van der Waals surface area contributed by atoms with Crippen molar-refractivity contribution in [1.29, 1.82) is 0 Å². The van der Waals surface area contributed by atoms with Crippen LogP contribution in [0.5, 0.6) is 0 Å². The second kappa shape index (κ2) is 3.72. The Labute approximate surface area is 86.2 Å². The summed E-state index contributed by atoms with van der Waals surface area (Å²) in [6.07, 6.45) is 2.52. The van der Waals surface area contributed by atoms with Gasteiger partial charge in [0, 0.05) is 6.20 Å². The van der Waals surface area contributed by atoms with Gasteiger partial charge in [0.1, 0.15) is 0 Å². The molecule has 0 unspecified atom stereocenters. The fourth-order valence-corrected chi connectivity index (χ4v) is 1.93. The Balaban J connectivity index is 2.39. The van der Waals surface area contributed by atoms with Gasteiger partial charge in [-0.25, -0.2) is 4.98 Å². The Morgan fingerprint density at radius 3 is 2.57 bits per heavy atom. The van der Waals surface area contributed by atoms with Gasteiger partial charge in [0.25, 0.3) is 0 Å². The third-order valence-corrected chi connectivity index (χ3v) is 2.93. The van der Waals surface area contributed by atoms with Gasteiger partial charge >= 0.3 is 0 Å². The van der Waals surface area contributed by atoms with Crippen molar-refractivity contribution in [3.63, 3.8) is 0 Å². The van der Waals surface area contributed by atoms with E-state index < -0.39 is 0 Å². The second-order valence-corrected chi connectivity index (χ2v) is 4.11. The molecule has 1 aromatic carbocycles. The van der Waals surface area contributed by atoms with E-state index in [1.807, 2.05) is 19.1 Å². The average Bonchev–Trinajstić information content (AvgIpc) is 2.67. The van der Waals surface area contributed by atoms with E-state index in [4.69, 9.17) is 0 Å². The fourth-order valence-electron chi connectivity index (χ4n) is 1.19. The van der Waals surface area contributed by atoms with Crippen LogP contribution in [0.1, 0.15) is 15.4 Å². The number of benzene rings is 1. The molecule has 2 aromatic rings. The third kappa shape index (κ3) is 1.72. The van der Waals surface area contributed by atoms with Crippen molar-refractivity contribution in [2.45, 2.75) is 6.92 Å². The van der Waals surface area contributed by atoms with E-state index in [1.54, 1.807) is 6.20 Å². The minimum Gasteiger partial charge on any atom is -0.295 e. The van der Waals surface area contributed by atoms with Crippen molar-refractivity contribution < 1.29 is 4.79 Å². The molecule has 0 radical (unpaired) electrons. The van der Waals surface area contributed by atoms with Crippen molar-refractivity contribution in [2.75, 3.05) is 0 Å². The van der Waals surface area contributed by atoms with Crippen molar-refractivity contribution >= 4 is 17.6 Å². The van der Waals surface area contributed by atoms with Crippen LogP contribution in [0.15, 0.2) is 30.5 Å². The molecule has 0 atom stereocenters. The highest BCUT2D eigenvalue weighted by Crippen LogP contribution is 2.25. The van der Waals surface area contributed by atoms with Gasteiger partial charge in [0.15, 0.2) is 11.3 Å². The molecular weight excluding hydrogens is 194 g/mol. The van der Waals surface area contributed by atoms with Gasteiger partial charge in [-0.05, 0) is 12.5 Å². The van der Waals surface area contributed by atoms with E-state index in [2.05, 4.69) is 17.1 Å². The largest absolute Gasteiger partial charge is 0.295 e. The lowest BCUT2D eigenvalue weighted by Crippen LogP contribution is -1.73. The van der Waals surface area contributed by atoms with Gasteiger partial charge in [-0.3, -0.25) is 4.79 Å². The number of hydrogen-bond donors (Lipinski definition) is 0. The molecule has 0 bridgehead atoms. The van der Waals surface area contributed by atoms with Gasteiger partial charge in [-0.1, -0.05) is 29.8 Å². The zero-order chi connectivity index (χ0) is 9.97. The molecule has 70 valence electrons. The molecule has 0 saturated heterocycles. The quantitative estimate of drug-likeness (QED) is 0.702. The summed E-state index contributed by atoms with van der Waals surface area (Å²) in [5.41, 5.74) is 2.34. The van der Waals surface area contributed by atoms with Crippen LogP contribution >= 0.6 is 11.3 Å². The molecule has 2 rings (SSSR count). The maximum Gasteiger partial charge on any atom is 0.178 e. The Morgan fingerprint density at radius 1 is 1.29 bits per heavy atom. The number of thiazole rings is 1. The highest BCUT2D eigenvalue weighted by atomic mass is 32.1. The lowest BCUT2D eigenvalue weighted by atomic mass is 10.1. The molecule has 3 heteroatoms. The monoisotopic (exact) mass is 203 g/mol. The summed E-state index contributed by atoms with van der Waals surface area (Å²) in [5, 5.41) is 0.528. The summed E-state index contributed by atoms with van der Waals surface area (Å²) in [5.74, 6) is 0. The fraction of sp³-hybridized carbons (Fsp3) is 0.0909. The van der Waals surface area contributed by atoms with Gasteiger partial charge in [-0.2, -0.15) is 0 Å². The maximum atomic E-state index is 10.5. The van der Waals surface area contributed by atoms with Crippen molar-refractivity contribution in [1.82, 2.24) is 4.98 Å². The van der Waals surface area contributed by atoms with Crippen molar-refractivity contribution in [2.24, 2.45) is 0 Å².